The second-order valence-corrected chi connectivity index (χ2v) is 11.8. The van der Waals surface area contributed by atoms with Crippen LogP contribution in [0.4, 0.5) is 11.4 Å². The fraction of sp³-hybridized carbons (Fsp3) is 0.189. The Morgan fingerprint density at radius 3 is 2.42 bits per heavy atom. The van der Waals surface area contributed by atoms with Crippen LogP contribution in [-0.2, 0) is 0 Å². The van der Waals surface area contributed by atoms with Gasteiger partial charge >= 0.3 is 0 Å². The van der Waals surface area contributed by atoms with Crippen LogP contribution in [0.2, 0.25) is 5.02 Å². The molecule has 1 saturated carbocycles. The Hall–Kier alpha value is -5.19. The molecule has 1 aliphatic carbocycles. The van der Waals surface area contributed by atoms with Crippen molar-refractivity contribution in [1.29, 1.82) is 5.26 Å². The van der Waals surface area contributed by atoms with Gasteiger partial charge in [-0.25, -0.2) is 4.68 Å². The first-order valence-electron chi connectivity index (χ1n) is 15.3. The molecule has 2 aromatic heterocycles. The van der Waals surface area contributed by atoms with Gasteiger partial charge in [-0.2, -0.15) is 5.26 Å². The van der Waals surface area contributed by atoms with E-state index in [4.69, 9.17) is 11.6 Å². The average molecular weight is 610 g/mol. The summed E-state index contributed by atoms with van der Waals surface area (Å²) in [7, 11) is 0. The number of rotatable bonds is 10. The first-order valence-corrected chi connectivity index (χ1v) is 15.7. The number of hydrogen-bond donors (Lipinski definition) is 2. The molecule has 1 unspecified atom stereocenters. The van der Waals surface area contributed by atoms with Crippen molar-refractivity contribution in [3.05, 3.63) is 137 Å². The maximum Gasteiger partial charge on any atom is 0.109 e. The van der Waals surface area contributed by atoms with E-state index < -0.39 is 0 Å². The van der Waals surface area contributed by atoms with Crippen molar-refractivity contribution in [2.45, 2.75) is 44.3 Å². The van der Waals surface area contributed by atoms with Gasteiger partial charge in [0, 0.05) is 17.3 Å². The smallest absolute Gasteiger partial charge is 0.109 e. The fourth-order valence-electron chi connectivity index (χ4n) is 5.91. The first-order chi connectivity index (χ1) is 22.1. The Bertz CT molecular complexity index is 2000. The van der Waals surface area contributed by atoms with E-state index in [2.05, 4.69) is 87.5 Å². The van der Waals surface area contributed by atoms with Crippen molar-refractivity contribution in [2.75, 3.05) is 10.6 Å². The summed E-state index contributed by atoms with van der Waals surface area (Å²) in [4.78, 5) is 4.59. The molecule has 1 fully saturated rings. The second-order valence-electron chi connectivity index (χ2n) is 11.4. The summed E-state index contributed by atoms with van der Waals surface area (Å²) in [5.41, 5.74) is 7.85. The minimum Gasteiger partial charge on any atom is -0.377 e. The van der Waals surface area contributed by atoms with Gasteiger partial charge in [0.05, 0.1) is 46.1 Å². The number of nitriles is 1. The lowest BCUT2D eigenvalue weighted by molar-refractivity contribution is 0.610. The fourth-order valence-corrected chi connectivity index (χ4v) is 6.18. The number of aromatic nitrogens is 4. The Labute approximate surface area is 267 Å². The zero-order valence-corrected chi connectivity index (χ0v) is 25.6. The van der Waals surface area contributed by atoms with Gasteiger partial charge in [-0.05, 0) is 53.6 Å². The number of anilines is 2. The lowest BCUT2D eigenvalue weighted by atomic mass is 9.93. The topological polar surface area (TPSA) is 91.5 Å². The third kappa shape index (κ3) is 5.85. The predicted octanol–water partition coefficient (Wildman–Crippen LogP) is 9.12. The van der Waals surface area contributed by atoms with Gasteiger partial charge < -0.3 is 10.6 Å². The zero-order valence-electron chi connectivity index (χ0n) is 24.9. The van der Waals surface area contributed by atoms with Gasteiger partial charge in [-0.3, -0.25) is 4.98 Å². The normalized spacial score (nSPS) is 14.1. The SMILES string of the molecule is CC[C@@H](Nc1c(C#N)cnc2c(Cl)cc(NC(c3cn(C4CC4)nn3)c3ccccc3-c3ccccc3)cc12)c1ccccc1. The van der Waals surface area contributed by atoms with Gasteiger partial charge in [0.2, 0.25) is 0 Å². The van der Waals surface area contributed by atoms with E-state index in [0.29, 0.717) is 27.8 Å². The van der Waals surface area contributed by atoms with E-state index in [9.17, 15) is 5.26 Å². The quantitative estimate of drug-likeness (QED) is 0.161. The molecular formula is C37H32ClN7. The lowest BCUT2D eigenvalue weighted by Crippen LogP contribution is -2.15. The lowest BCUT2D eigenvalue weighted by Gasteiger charge is -2.23. The number of hydrogen-bond acceptors (Lipinski definition) is 6. The zero-order chi connectivity index (χ0) is 30.8. The Kier molecular flexibility index (Phi) is 7.89. The molecule has 0 bridgehead atoms. The Morgan fingerprint density at radius 1 is 0.956 bits per heavy atom. The van der Waals surface area contributed by atoms with E-state index in [1.165, 1.54) is 0 Å². The number of fused-ring (bicyclic) bond motifs is 1. The molecule has 2 atom stereocenters. The van der Waals surface area contributed by atoms with Crippen molar-refractivity contribution in [1.82, 2.24) is 20.0 Å². The molecule has 222 valence electrons. The van der Waals surface area contributed by atoms with Gasteiger partial charge in [0.25, 0.3) is 0 Å². The first kappa shape index (κ1) is 28.6. The number of halogens is 1. The largest absolute Gasteiger partial charge is 0.377 e. The predicted molar refractivity (Wildman–Crippen MR) is 180 cm³/mol. The molecule has 6 aromatic rings. The monoisotopic (exact) mass is 609 g/mol. The molecule has 0 saturated heterocycles. The van der Waals surface area contributed by atoms with Gasteiger partial charge in [-0.15, -0.1) is 5.10 Å². The van der Waals surface area contributed by atoms with Crippen molar-refractivity contribution in [3.63, 3.8) is 0 Å². The van der Waals surface area contributed by atoms with Crippen molar-refractivity contribution < 1.29 is 0 Å². The van der Waals surface area contributed by atoms with Crippen molar-refractivity contribution in [2.24, 2.45) is 0 Å². The van der Waals surface area contributed by atoms with Crippen LogP contribution in [0.5, 0.6) is 0 Å². The minimum atomic E-state index is -0.321. The molecule has 4 aromatic carbocycles. The summed E-state index contributed by atoms with van der Waals surface area (Å²) >= 11 is 6.93. The van der Waals surface area contributed by atoms with E-state index in [1.54, 1.807) is 6.20 Å². The molecule has 0 aliphatic heterocycles. The highest BCUT2D eigenvalue weighted by atomic mass is 35.5. The van der Waals surface area contributed by atoms with E-state index in [0.717, 1.165) is 58.3 Å². The third-order valence-corrected chi connectivity index (χ3v) is 8.67. The second kappa shape index (κ2) is 12.4. The molecule has 0 radical (unpaired) electrons. The Morgan fingerprint density at radius 2 is 1.69 bits per heavy atom. The summed E-state index contributed by atoms with van der Waals surface area (Å²) < 4.78 is 1.97. The van der Waals surface area contributed by atoms with Gasteiger partial charge in [0.1, 0.15) is 11.8 Å². The van der Waals surface area contributed by atoms with E-state index in [1.807, 2.05) is 59.4 Å². The number of benzene rings is 4. The summed E-state index contributed by atoms with van der Waals surface area (Å²) in [6, 6.07) is 35.3. The van der Waals surface area contributed by atoms with Crippen LogP contribution in [-0.4, -0.2) is 20.0 Å². The highest BCUT2D eigenvalue weighted by Crippen LogP contribution is 2.40. The molecule has 45 heavy (non-hydrogen) atoms. The number of nitrogens with zero attached hydrogens (tertiary/aromatic N) is 5. The number of nitrogens with one attached hydrogen (secondary N) is 2. The van der Waals surface area contributed by atoms with Crippen molar-refractivity contribution >= 4 is 33.9 Å². The number of pyridine rings is 1. The van der Waals surface area contributed by atoms with Gasteiger partial charge in [0.15, 0.2) is 0 Å². The van der Waals surface area contributed by atoms with Crippen LogP contribution in [0, 0.1) is 11.3 Å². The highest BCUT2D eigenvalue weighted by molar-refractivity contribution is 6.35. The molecule has 8 heteroatoms. The standard InChI is InChI=1S/C37H32ClN7/c1-2-33(25-13-7-4-8-14-25)42-35-26(21-39)22-40-36-31(35)19-27(20-32(36)38)41-37(34-23-45(44-43-34)28-17-18-28)30-16-10-9-15-29(30)24-11-5-3-6-12-24/h3-16,19-20,22-23,28,33,37,41H,2,17-18H2,1H3,(H,40,42)/t33-,37?/m1/s1. The average Bonchev–Trinajstić information content (AvgIpc) is 3.83. The van der Waals surface area contributed by atoms with Crippen LogP contribution in [0.1, 0.15) is 66.7 Å². The third-order valence-electron chi connectivity index (χ3n) is 8.39. The van der Waals surface area contributed by atoms with Gasteiger partial charge in [-0.1, -0.05) is 109 Å². The molecule has 1 aliphatic rings. The molecule has 0 amide bonds. The van der Waals surface area contributed by atoms with Crippen LogP contribution < -0.4 is 10.6 Å². The van der Waals surface area contributed by atoms with E-state index >= 15 is 0 Å². The maximum absolute atomic E-state index is 10.1. The molecular weight excluding hydrogens is 578 g/mol. The van der Waals surface area contributed by atoms with E-state index in [-0.39, 0.29) is 12.1 Å². The summed E-state index contributed by atoms with van der Waals surface area (Å²) in [6.07, 6.45) is 6.71. The van der Waals surface area contributed by atoms with Crippen LogP contribution in [0.25, 0.3) is 22.0 Å². The molecule has 7 nitrogen and oxygen atoms in total. The van der Waals surface area contributed by atoms with Crippen LogP contribution >= 0.6 is 11.6 Å². The minimum absolute atomic E-state index is 0.00208. The summed E-state index contributed by atoms with van der Waals surface area (Å²) in [5.74, 6) is 0. The molecule has 7 rings (SSSR count). The van der Waals surface area contributed by atoms with Crippen molar-refractivity contribution in [3.8, 4) is 17.2 Å². The Balaban J connectivity index is 1.34. The van der Waals surface area contributed by atoms with Crippen LogP contribution in [0.15, 0.2) is 109 Å². The maximum atomic E-state index is 10.1. The molecule has 2 heterocycles. The molecule has 2 N–H and O–H groups in total. The molecule has 0 spiro atoms. The summed E-state index contributed by atoms with van der Waals surface area (Å²) in [5, 5.41) is 27.9. The summed E-state index contributed by atoms with van der Waals surface area (Å²) in [6.45, 7) is 2.13. The highest BCUT2D eigenvalue weighted by Gasteiger charge is 2.28. The van der Waals surface area contributed by atoms with Crippen LogP contribution in [0.3, 0.4) is 0 Å².